The highest BCUT2D eigenvalue weighted by Crippen LogP contribution is 2.24. The van der Waals surface area contributed by atoms with Crippen LogP contribution in [0.4, 0.5) is 0 Å². The molecule has 1 aliphatic rings. The van der Waals surface area contributed by atoms with Crippen LogP contribution in [-0.4, -0.2) is 30.0 Å². The van der Waals surface area contributed by atoms with E-state index in [0.717, 1.165) is 0 Å². The van der Waals surface area contributed by atoms with Crippen molar-refractivity contribution in [1.82, 2.24) is 0 Å². The molecule has 1 atom stereocenters. The second-order valence-corrected chi connectivity index (χ2v) is 6.36. The Hall–Kier alpha value is -1.49. The molecule has 5 nitrogen and oxygen atoms in total. The smallest absolute Gasteiger partial charge is 0.300 e. The monoisotopic (exact) mass is 270 g/mol. The van der Waals surface area contributed by atoms with Gasteiger partial charge in [0.05, 0.1) is 6.42 Å². The molecule has 0 heterocycles. The van der Waals surface area contributed by atoms with Gasteiger partial charge in [0.15, 0.2) is 5.78 Å². The molecule has 1 unspecified atom stereocenters. The van der Waals surface area contributed by atoms with Gasteiger partial charge < -0.3 is 5.53 Å². The van der Waals surface area contributed by atoms with E-state index in [1.165, 1.54) is 6.07 Å². The summed E-state index contributed by atoms with van der Waals surface area (Å²) < 4.78 is 22.7. The Morgan fingerprint density at radius 1 is 1.35 bits per heavy atom. The summed E-state index contributed by atoms with van der Waals surface area (Å²) in [5, 5.41) is -1.59. The van der Waals surface area contributed by atoms with E-state index >= 15 is 0 Å². The summed E-state index contributed by atoms with van der Waals surface area (Å²) in [6, 6.07) is 6.56. The molecule has 0 spiro atoms. The van der Waals surface area contributed by atoms with Gasteiger partial charge in [-0.3, -0.25) is 4.79 Å². The molecule has 88 valence electrons. The van der Waals surface area contributed by atoms with E-state index in [1.807, 2.05) is 0 Å². The van der Waals surface area contributed by atoms with E-state index in [1.54, 1.807) is 18.2 Å². The van der Waals surface area contributed by atoms with Crippen molar-refractivity contribution in [2.24, 2.45) is 0 Å². The summed E-state index contributed by atoms with van der Waals surface area (Å²) in [5.41, 5.74) is 9.56. The zero-order chi connectivity index (χ0) is 12.6. The van der Waals surface area contributed by atoms with Crippen molar-refractivity contribution in [3.05, 3.63) is 40.9 Å². The molecule has 1 aromatic rings. The lowest BCUT2D eigenvalue weighted by Crippen LogP contribution is -2.41. The number of carbonyl (C=O) groups excluding carboxylic acids is 1. The van der Waals surface area contributed by atoms with Crippen LogP contribution in [0.25, 0.3) is 5.53 Å². The summed E-state index contributed by atoms with van der Waals surface area (Å²) in [6.07, 6.45) is 0.0923. The van der Waals surface area contributed by atoms with E-state index in [2.05, 4.69) is 4.79 Å². The van der Waals surface area contributed by atoms with Gasteiger partial charge in [0.2, 0.25) is 5.25 Å². The van der Waals surface area contributed by atoms with Crippen LogP contribution < -0.4 is 0 Å². The van der Waals surface area contributed by atoms with Gasteiger partial charge in [-0.05, 0) is 5.56 Å². The van der Waals surface area contributed by atoms with Crippen LogP contribution >= 0.6 is 10.7 Å². The topological polar surface area (TPSA) is 87.6 Å². The van der Waals surface area contributed by atoms with E-state index in [0.29, 0.717) is 11.1 Å². The number of fused-ring (bicyclic) bond motifs is 1. The second-order valence-electron chi connectivity index (χ2n) is 3.65. The summed E-state index contributed by atoms with van der Waals surface area (Å²) in [5.74, 6) is -0.658. The molecule has 0 N–H and O–H groups in total. The van der Waals surface area contributed by atoms with Crippen LogP contribution in [0.2, 0.25) is 0 Å². The molecule has 1 aliphatic carbocycles. The van der Waals surface area contributed by atoms with Crippen LogP contribution in [0.3, 0.4) is 0 Å². The van der Waals surface area contributed by atoms with Crippen molar-refractivity contribution in [3.63, 3.8) is 0 Å². The molecule has 0 aliphatic heterocycles. The molecule has 2 rings (SSSR count). The SMILES string of the molecule is [N-]=[N+]=C1Cc2ccccc2C(=O)C1S(=O)(=O)Cl. The number of hydrogen-bond donors (Lipinski definition) is 0. The highest BCUT2D eigenvalue weighted by atomic mass is 35.7. The van der Waals surface area contributed by atoms with Crippen molar-refractivity contribution >= 4 is 31.2 Å². The largest absolute Gasteiger partial charge is 0.362 e. The minimum absolute atomic E-state index is 0.0923. The number of hydrogen-bond acceptors (Lipinski definition) is 3. The molecule has 17 heavy (non-hydrogen) atoms. The summed E-state index contributed by atoms with van der Waals surface area (Å²) in [7, 11) is 1.06. The zero-order valence-corrected chi connectivity index (χ0v) is 10.1. The van der Waals surface area contributed by atoms with Crippen molar-refractivity contribution < 1.29 is 18.0 Å². The van der Waals surface area contributed by atoms with E-state index < -0.39 is 20.1 Å². The van der Waals surface area contributed by atoms with Gasteiger partial charge in [-0.1, -0.05) is 24.3 Å². The molecule has 0 saturated heterocycles. The fourth-order valence-electron chi connectivity index (χ4n) is 1.87. The lowest BCUT2D eigenvalue weighted by Gasteiger charge is -2.17. The van der Waals surface area contributed by atoms with Crippen molar-refractivity contribution in [3.8, 4) is 0 Å². The van der Waals surface area contributed by atoms with Crippen LogP contribution in [0.1, 0.15) is 15.9 Å². The third-order valence-electron chi connectivity index (χ3n) is 2.61. The number of carbonyl (C=O) groups is 1. The van der Waals surface area contributed by atoms with Crippen LogP contribution in [0.5, 0.6) is 0 Å². The molecule has 0 aromatic heterocycles. The third kappa shape index (κ3) is 2.02. The molecular formula is C10H7ClN2O3S. The Kier molecular flexibility index (Phi) is 2.87. The molecule has 1 aromatic carbocycles. The molecule has 0 fully saturated rings. The van der Waals surface area contributed by atoms with Crippen molar-refractivity contribution in [1.29, 1.82) is 0 Å². The fourth-order valence-corrected chi connectivity index (χ4v) is 3.26. The standard InChI is InChI=1S/C10H7ClN2O3S/c11-17(15,16)10-8(13-12)5-6-3-1-2-4-7(6)9(10)14/h1-4,10H,5H2. The Morgan fingerprint density at radius 2 is 2.00 bits per heavy atom. The Morgan fingerprint density at radius 3 is 2.59 bits per heavy atom. The molecule has 0 saturated carbocycles. The number of nitrogens with zero attached hydrogens (tertiary/aromatic N) is 2. The molecule has 0 bridgehead atoms. The number of rotatable bonds is 1. The number of benzene rings is 1. The summed E-state index contributed by atoms with van der Waals surface area (Å²) >= 11 is 0. The van der Waals surface area contributed by atoms with Crippen LogP contribution in [-0.2, 0) is 15.5 Å². The highest BCUT2D eigenvalue weighted by Gasteiger charge is 2.46. The van der Waals surface area contributed by atoms with Gasteiger partial charge >= 0.3 is 5.71 Å². The van der Waals surface area contributed by atoms with Gasteiger partial charge in [-0.25, -0.2) is 8.42 Å². The molecular weight excluding hydrogens is 264 g/mol. The maximum Gasteiger partial charge on any atom is 0.300 e. The minimum atomic E-state index is -4.15. The van der Waals surface area contributed by atoms with Crippen LogP contribution in [0.15, 0.2) is 24.3 Å². The highest BCUT2D eigenvalue weighted by molar-refractivity contribution is 8.15. The Labute approximate surface area is 102 Å². The quantitative estimate of drug-likeness (QED) is 0.434. The first kappa shape index (κ1) is 12.0. The predicted molar refractivity (Wildman–Crippen MR) is 61.7 cm³/mol. The normalized spacial score (nSPS) is 19.7. The van der Waals surface area contributed by atoms with Crippen molar-refractivity contribution in [2.45, 2.75) is 11.7 Å². The van der Waals surface area contributed by atoms with E-state index in [4.69, 9.17) is 16.2 Å². The van der Waals surface area contributed by atoms with Crippen molar-refractivity contribution in [2.75, 3.05) is 0 Å². The first-order chi connectivity index (χ1) is 7.95. The third-order valence-corrected chi connectivity index (χ3v) is 4.19. The van der Waals surface area contributed by atoms with E-state index in [-0.39, 0.29) is 12.1 Å². The van der Waals surface area contributed by atoms with Crippen LogP contribution in [0, 0.1) is 0 Å². The Balaban J connectivity index is 2.67. The second kappa shape index (κ2) is 4.07. The summed E-state index contributed by atoms with van der Waals surface area (Å²) in [6.45, 7) is 0. The number of Topliss-reactive ketones (excluding diaryl/α,β-unsaturated/α-hetero) is 1. The summed E-state index contributed by atoms with van der Waals surface area (Å²) in [4.78, 5) is 14.9. The van der Waals surface area contributed by atoms with Gasteiger partial charge in [0, 0.05) is 16.2 Å². The maximum atomic E-state index is 12.0. The molecule has 0 radical (unpaired) electrons. The zero-order valence-electron chi connectivity index (χ0n) is 8.50. The minimum Gasteiger partial charge on any atom is -0.362 e. The average Bonchev–Trinajstić information content (AvgIpc) is 2.27. The average molecular weight is 271 g/mol. The van der Waals surface area contributed by atoms with Gasteiger partial charge in [-0.15, -0.1) is 0 Å². The first-order valence-electron chi connectivity index (χ1n) is 4.71. The lowest BCUT2D eigenvalue weighted by molar-refractivity contribution is -0.00997. The van der Waals surface area contributed by atoms with Gasteiger partial charge in [0.1, 0.15) is 0 Å². The van der Waals surface area contributed by atoms with E-state index in [9.17, 15) is 13.2 Å². The molecule has 0 amide bonds. The predicted octanol–water partition coefficient (Wildman–Crippen LogP) is 1.03. The Bertz CT molecular complexity index is 647. The number of halogens is 1. The first-order valence-corrected chi connectivity index (χ1v) is 7.09. The maximum absolute atomic E-state index is 12.0. The van der Waals surface area contributed by atoms with Gasteiger partial charge in [-0.2, -0.15) is 4.79 Å². The lowest BCUT2D eigenvalue weighted by atomic mass is 9.89. The molecule has 7 heteroatoms. The van der Waals surface area contributed by atoms with Gasteiger partial charge in [0.25, 0.3) is 9.05 Å². The number of ketones is 1. The fraction of sp³-hybridized carbons (Fsp3) is 0.200.